The lowest BCUT2D eigenvalue weighted by Gasteiger charge is -2.39. The molecule has 0 radical (unpaired) electrons. The number of ether oxygens (including phenoxy) is 6. The molecule has 2 fully saturated rings. The Bertz CT molecular complexity index is 1050. The number of anilines is 1. The summed E-state index contributed by atoms with van der Waals surface area (Å²) in [6.07, 6.45) is 2.00. The highest BCUT2D eigenvalue weighted by Crippen LogP contribution is 2.35. The molecule has 3 atom stereocenters. The monoisotopic (exact) mass is 569 g/mol. The van der Waals surface area contributed by atoms with E-state index in [4.69, 9.17) is 28.4 Å². The number of morpholine rings is 1. The molecule has 1 N–H and O–H groups in total. The largest absolute Gasteiger partial charge is 0.497 e. The Hall–Kier alpha value is -2.40. The summed E-state index contributed by atoms with van der Waals surface area (Å²) in [4.78, 5) is 4.85. The van der Waals surface area contributed by atoms with Gasteiger partial charge in [-0.15, -0.1) is 0 Å². The molecule has 9 nitrogen and oxygen atoms in total. The van der Waals surface area contributed by atoms with Gasteiger partial charge in [-0.05, 0) is 48.2 Å². The van der Waals surface area contributed by atoms with Crippen molar-refractivity contribution in [3.63, 3.8) is 0 Å². The fourth-order valence-corrected chi connectivity index (χ4v) is 6.03. The number of nitrogens with one attached hydrogen (secondary N) is 1. The Morgan fingerprint density at radius 1 is 0.854 bits per heavy atom. The van der Waals surface area contributed by atoms with Gasteiger partial charge in [-0.25, -0.2) is 0 Å². The summed E-state index contributed by atoms with van der Waals surface area (Å²) in [5.74, 6) is 1.92. The highest BCUT2D eigenvalue weighted by atomic mass is 16.5. The van der Waals surface area contributed by atoms with E-state index in [-0.39, 0.29) is 18.1 Å². The Kier molecular flexibility index (Phi) is 11.5. The van der Waals surface area contributed by atoms with Crippen LogP contribution in [0.5, 0.6) is 11.5 Å². The summed E-state index contributed by atoms with van der Waals surface area (Å²) < 4.78 is 35.3. The molecule has 0 aromatic heterocycles. The van der Waals surface area contributed by atoms with Crippen LogP contribution in [-0.2, 0) is 25.6 Å². The van der Waals surface area contributed by atoms with Gasteiger partial charge in [0.1, 0.15) is 18.1 Å². The predicted octanol–water partition coefficient (Wildman–Crippen LogP) is 3.31. The van der Waals surface area contributed by atoms with Crippen LogP contribution in [0.25, 0.3) is 0 Å². The van der Waals surface area contributed by atoms with Crippen LogP contribution in [0.1, 0.15) is 29.9 Å². The average Bonchev–Trinajstić information content (AvgIpc) is 3.03. The van der Waals surface area contributed by atoms with Crippen LogP contribution in [0.15, 0.2) is 42.5 Å². The third-order valence-electron chi connectivity index (χ3n) is 8.27. The Balaban J connectivity index is 1.24. The Labute approximate surface area is 245 Å². The van der Waals surface area contributed by atoms with E-state index >= 15 is 0 Å². The molecule has 1 unspecified atom stereocenters. The zero-order valence-corrected chi connectivity index (χ0v) is 24.7. The summed E-state index contributed by atoms with van der Waals surface area (Å²) in [5.41, 5.74) is 3.51. The van der Waals surface area contributed by atoms with Crippen molar-refractivity contribution in [1.29, 1.82) is 0 Å². The molecule has 0 aliphatic carbocycles. The van der Waals surface area contributed by atoms with Crippen LogP contribution < -0.4 is 19.7 Å². The lowest BCUT2D eigenvalue weighted by molar-refractivity contribution is -0.0619. The van der Waals surface area contributed by atoms with Gasteiger partial charge in [0.2, 0.25) is 0 Å². The Morgan fingerprint density at radius 3 is 2.41 bits per heavy atom. The van der Waals surface area contributed by atoms with Crippen molar-refractivity contribution in [2.75, 3.05) is 98.0 Å². The van der Waals surface area contributed by atoms with Crippen LogP contribution in [0.4, 0.5) is 5.69 Å². The molecule has 2 saturated heterocycles. The average molecular weight is 570 g/mol. The number of benzene rings is 2. The molecule has 3 aliphatic heterocycles. The number of methoxy groups -OCH3 is 2. The number of fused-ring (bicyclic) bond motifs is 1. The lowest BCUT2D eigenvalue weighted by atomic mass is 9.85. The van der Waals surface area contributed by atoms with E-state index in [0.717, 1.165) is 108 Å². The quantitative estimate of drug-likeness (QED) is 0.345. The maximum absolute atomic E-state index is 6.67. The van der Waals surface area contributed by atoms with Crippen molar-refractivity contribution < 1.29 is 28.4 Å². The second-order valence-electron chi connectivity index (χ2n) is 11.0. The molecular weight excluding hydrogens is 522 g/mol. The second-order valence-corrected chi connectivity index (χ2v) is 11.0. The molecule has 226 valence electrons. The van der Waals surface area contributed by atoms with Crippen molar-refractivity contribution in [2.45, 2.75) is 37.6 Å². The summed E-state index contributed by atoms with van der Waals surface area (Å²) in [7, 11) is 3.46. The number of hydrogen-bond acceptors (Lipinski definition) is 9. The van der Waals surface area contributed by atoms with Gasteiger partial charge in [0.25, 0.3) is 0 Å². The summed E-state index contributed by atoms with van der Waals surface area (Å²) >= 11 is 0. The molecule has 9 heteroatoms. The molecule has 2 aromatic rings. The molecular formula is C32H47N3O6. The van der Waals surface area contributed by atoms with E-state index in [9.17, 15) is 0 Å². The van der Waals surface area contributed by atoms with Crippen molar-refractivity contribution in [2.24, 2.45) is 0 Å². The summed E-state index contributed by atoms with van der Waals surface area (Å²) in [5, 5.41) is 3.58. The SMILES string of the molecule is COCCCN1CCOc2ccc(CO[C@H]3CNC[C@@H](OCCCN4CCOCC4)C3c3ccc(OC)cc3)cc21. The fourth-order valence-electron chi connectivity index (χ4n) is 6.03. The summed E-state index contributed by atoms with van der Waals surface area (Å²) in [6, 6.07) is 14.8. The molecule has 3 heterocycles. The van der Waals surface area contributed by atoms with Gasteiger partial charge in [0.15, 0.2) is 0 Å². The minimum Gasteiger partial charge on any atom is -0.497 e. The number of nitrogens with zero attached hydrogens (tertiary/aromatic N) is 2. The predicted molar refractivity (Wildman–Crippen MR) is 159 cm³/mol. The maximum atomic E-state index is 6.67. The van der Waals surface area contributed by atoms with E-state index in [1.807, 2.05) is 12.1 Å². The minimum absolute atomic E-state index is 0.0218. The molecule has 2 aromatic carbocycles. The maximum Gasteiger partial charge on any atom is 0.142 e. The van der Waals surface area contributed by atoms with E-state index in [0.29, 0.717) is 13.2 Å². The fraction of sp³-hybridized carbons (Fsp3) is 0.625. The lowest BCUT2D eigenvalue weighted by Crippen LogP contribution is -2.50. The van der Waals surface area contributed by atoms with Gasteiger partial charge in [-0.1, -0.05) is 18.2 Å². The molecule has 41 heavy (non-hydrogen) atoms. The van der Waals surface area contributed by atoms with Crippen molar-refractivity contribution in [3.8, 4) is 11.5 Å². The minimum atomic E-state index is -0.0218. The van der Waals surface area contributed by atoms with Gasteiger partial charge in [-0.2, -0.15) is 0 Å². The third kappa shape index (κ3) is 8.34. The highest BCUT2D eigenvalue weighted by molar-refractivity contribution is 5.61. The van der Waals surface area contributed by atoms with E-state index in [2.05, 4.69) is 45.4 Å². The van der Waals surface area contributed by atoms with Crippen LogP contribution in [0.2, 0.25) is 0 Å². The smallest absolute Gasteiger partial charge is 0.142 e. The first-order valence-electron chi connectivity index (χ1n) is 15.1. The highest BCUT2D eigenvalue weighted by Gasteiger charge is 2.36. The molecule has 0 saturated carbocycles. The van der Waals surface area contributed by atoms with Crippen LogP contribution in [-0.4, -0.2) is 110 Å². The molecule has 5 rings (SSSR count). The number of rotatable bonds is 14. The zero-order valence-electron chi connectivity index (χ0n) is 24.7. The van der Waals surface area contributed by atoms with Gasteiger partial charge < -0.3 is 38.6 Å². The molecule has 0 amide bonds. The zero-order chi connectivity index (χ0) is 28.3. The van der Waals surface area contributed by atoms with E-state index in [1.54, 1.807) is 14.2 Å². The van der Waals surface area contributed by atoms with Crippen molar-refractivity contribution >= 4 is 5.69 Å². The summed E-state index contributed by atoms with van der Waals surface area (Å²) in [6.45, 7) is 10.9. The second kappa shape index (κ2) is 15.7. The van der Waals surface area contributed by atoms with Crippen LogP contribution in [0.3, 0.4) is 0 Å². The van der Waals surface area contributed by atoms with E-state index < -0.39 is 0 Å². The number of hydrogen-bond donors (Lipinski definition) is 1. The first-order chi connectivity index (χ1) is 20.2. The first-order valence-corrected chi connectivity index (χ1v) is 15.1. The normalized spacial score (nSPS) is 23.2. The van der Waals surface area contributed by atoms with Crippen molar-refractivity contribution in [1.82, 2.24) is 10.2 Å². The van der Waals surface area contributed by atoms with Gasteiger partial charge in [-0.3, -0.25) is 4.90 Å². The van der Waals surface area contributed by atoms with Gasteiger partial charge >= 0.3 is 0 Å². The number of piperidine rings is 1. The van der Waals surface area contributed by atoms with Gasteiger partial charge in [0.05, 0.1) is 51.4 Å². The van der Waals surface area contributed by atoms with E-state index in [1.165, 1.54) is 5.56 Å². The molecule has 0 bridgehead atoms. The van der Waals surface area contributed by atoms with Crippen LogP contribution in [0, 0.1) is 0 Å². The standard InChI is InChI=1S/C32H47N3O6/c1-36-16-4-12-35-15-20-40-29-10-5-25(21-28(29)35)24-41-31-23-33-22-30(32(31)26-6-8-27(37-2)9-7-26)39-17-3-11-34-13-18-38-19-14-34/h5-10,21,30-33H,3-4,11-20,22-24H2,1-2H3/t30-,31+,32?/m1/s1. The van der Waals surface area contributed by atoms with Crippen molar-refractivity contribution in [3.05, 3.63) is 53.6 Å². The Morgan fingerprint density at radius 2 is 1.63 bits per heavy atom. The topological polar surface area (TPSA) is 73.9 Å². The van der Waals surface area contributed by atoms with Crippen LogP contribution >= 0.6 is 0 Å². The molecule has 3 aliphatic rings. The molecule has 0 spiro atoms. The third-order valence-corrected chi connectivity index (χ3v) is 8.27. The first kappa shape index (κ1) is 30.1. The van der Waals surface area contributed by atoms with Gasteiger partial charge in [0, 0.05) is 65.5 Å².